The van der Waals surface area contributed by atoms with E-state index >= 15 is 0 Å². The van der Waals surface area contributed by atoms with E-state index in [1.807, 2.05) is 61.0 Å². The summed E-state index contributed by atoms with van der Waals surface area (Å²) in [4.78, 5) is 23.1. The minimum Gasteiger partial charge on any atom is -0.355 e. The maximum absolute atomic E-state index is 11.6. The Balaban J connectivity index is 1.59. The van der Waals surface area contributed by atoms with Crippen molar-refractivity contribution in [2.75, 3.05) is 5.32 Å². The molecule has 2 aromatic carbocycles. The fourth-order valence-electron chi connectivity index (χ4n) is 2.81. The van der Waals surface area contributed by atoms with Gasteiger partial charge in [-0.05, 0) is 49.4 Å². The number of aromatic nitrogens is 4. The zero-order chi connectivity index (χ0) is 17.4. The molecule has 0 atom stereocenters. The molecule has 0 unspecified atom stereocenters. The molecule has 2 heterocycles. The first kappa shape index (κ1) is 15.1. The van der Waals surface area contributed by atoms with Crippen LogP contribution >= 0.6 is 0 Å². The molecule has 124 valence electrons. The number of benzene rings is 2. The smallest absolute Gasteiger partial charge is 0.251 e. The first-order chi connectivity index (χ1) is 12.1. The van der Waals surface area contributed by atoms with E-state index in [4.69, 9.17) is 0 Å². The minimum absolute atomic E-state index is 0.145. The average molecular weight is 331 g/mol. The Morgan fingerprint density at radius 1 is 1.04 bits per heavy atom. The molecular weight excluding hydrogens is 314 g/mol. The van der Waals surface area contributed by atoms with Crippen LogP contribution in [0, 0.1) is 6.92 Å². The third kappa shape index (κ3) is 3.01. The Kier molecular flexibility index (Phi) is 3.57. The van der Waals surface area contributed by atoms with Crippen LogP contribution in [-0.4, -0.2) is 19.5 Å². The summed E-state index contributed by atoms with van der Waals surface area (Å²) in [5.74, 6) is 0.575. The molecule has 4 aromatic rings. The van der Waals surface area contributed by atoms with Gasteiger partial charge in [-0.1, -0.05) is 0 Å². The van der Waals surface area contributed by atoms with Gasteiger partial charge in [-0.2, -0.15) is 0 Å². The van der Waals surface area contributed by atoms with Crippen LogP contribution in [0.5, 0.6) is 0 Å². The highest BCUT2D eigenvalue weighted by Gasteiger charge is 2.04. The van der Waals surface area contributed by atoms with E-state index in [0.29, 0.717) is 11.5 Å². The Hall–Kier alpha value is -3.41. The van der Waals surface area contributed by atoms with Crippen LogP contribution in [0.4, 0.5) is 11.4 Å². The molecule has 0 radical (unpaired) electrons. The number of anilines is 2. The molecule has 6 nitrogen and oxygen atoms in total. The number of nitrogens with zero attached hydrogens (tertiary/aromatic N) is 3. The van der Waals surface area contributed by atoms with Crippen LogP contribution in [0.15, 0.2) is 59.7 Å². The molecule has 6 heteroatoms. The fraction of sp³-hybridized carbons (Fsp3) is 0.105. The van der Waals surface area contributed by atoms with E-state index in [-0.39, 0.29) is 5.56 Å². The van der Waals surface area contributed by atoms with Gasteiger partial charge in [-0.15, -0.1) is 0 Å². The number of aromatic amines is 1. The maximum Gasteiger partial charge on any atom is 0.251 e. The van der Waals surface area contributed by atoms with E-state index in [1.165, 1.54) is 6.07 Å². The van der Waals surface area contributed by atoms with Crippen molar-refractivity contribution in [2.45, 2.75) is 6.92 Å². The van der Waals surface area contributed by atoms with Gasteiger partial charge in [0, 0.05) is 35.7 Å². The van der Waals surface area contributed by atoms with Gasteiger partial charge in [-0.3, -0.25) is 4.79 Å². The summed E-state index contributed by atoms with van der Waals surface area (Å²) in [6, 6.07) is 15.3. The van der Waals surface area contributed by atoms with Gasteiger partial charge in [0.25, 0.3) is 5.56 Å². The summed E-state index contributed by atoms with van der Waals surface area (Å²) in [7, 11) is 1.98. The highest BCUT2D eigenvalue weighted by Crippen LogP contribution is 2.23. The lowest BCUT2D eigenvalue weighted by atomic mass is 10.2. The second-order valence-corrected chi connectivity index (χ2v) is 6.00. The van der Waals surface area contributed by atoms with Crippen molar-refractivity contribution in [3.63, 3.8) is 0 Å². The summed E-state index contributed by atoms with van der Waals surface area (Å²) in [6.07, 6.45) is 1.80. The molecule has 2 aromatic heterocycles. The normalized spacial score (nSPS) is 11.0. The predicted octanol–water partition coefficient (Wildman–Crippen LogP) is 3.38. The van der Waals surface area contributed by atoms with Gasteiger partial charge in [0.15, 0.2) is 0 Å². The lowest BCUT2D eigenvalue weighted by Crippen LogP contribution is -2.08. The molecule has 4 rings (SSSR count). The average Bonchev–Trinajstić information content (AvgIpc) is 2.95. The Morgan fingerprint density at radius 2 is 1.80 bits per heavy atom. The van der Waals surface area contributed by atoms with E-state index < -0.39 is 0 Å². The number of H-pyrrole nitrogens is 1. The Labute approximate surface area is 144 Å². The second kappa shape index (κ2) is 5.90. The first-order valence-corrected chi connectivity index (χ1v) is 7.95. The SMILES string of the molecule is Cc1cc(=O)[nH]c(-c2ccc(Nc3ccc4c(c3)ncn4C)cc2)n1. The summed E-state index contributed by atoms with van der Waals surface area (Å²) in [5, 5.41) is 3.37. The van der Waals surface area contributed by atoms with Crippen LogP contribution in [0.25, 0.3) is 22.4 Å². The standard InChI is InChI=1S/C19H17N5O/c1-12-9-18(25)23-19(21-12)13-3-5-14(6-4-13)22-15-7-8-17-16(10-15)20-11-24(17)2/h3-11,22H,1-2H3,(H,21,23,25). The lowest BCUT2D eigenvalue weighted by molar-refractivity contribution is 0.948. The summed E-state index contributed by atoms with van der Waals surface area (Å²) < 4.78 is 1.99. The van der Waals surface area contributed by atoms with E-state index in [1.54, 1.807) is 6.33 Å². The monoisotopic (exact) mass is 331 g/mol. The molecule has 0 spiro atoms. The molecule has 0 bridgehead atoms. The van der Waals surface area contributed by atoms with Gasteiger partial charge < -0.3 is 14.9 Å². The predicted molar refractivity (Wildman–Crippen MR) is 99.0 cm³/mol. The zero-order valence-corrected chi connectivity index (χ0v) is 13.9. The van der Waals surface area contributed by atoms with Gasteiger partial charge in [0.05, 0.1) is 17.4 Å². The van der Waals surface area contributed by atoms with Crippen LogP contribution in [0.3, 0.4) is 0 Å². The maximum atomic E-state index is 11.6. The van der Waals surface area contributed by atoms with Crippen LogP contribution in [0.2, 0.25) is 0 Å². The third-order valence-electron chi connectivity index (χ3n) is 4.04. The number of rotatable bonds is 3. The van der Waals surface area contributed by atoms with E-state index in [0.717, 1.165) is 28.0 Å². The van der Waals surface area contributed by atoms with Gasteiger partial charge in [-0.25, -0.2) is 9.97 Å². The van der Waals surface area contributed by atoms with E-state index in [9.17, 15) is 4.79 Å². The quantitative estimate of drug-likeness (QED) is 0.603. The molecule has 0 saturated heterocycles. The van der Waals surface area contributed by atoms with Crippen molar-refractivity contribution >= 4 is 22.4 Å². The van der Waals surface area contributed by atoms with Crippen LogP contribution in [-0.2, 0) is 7.05 Å². The van der Waals surface area contributed by atoms with Crippen LogP contribution in [0.1, 0.15) is 5.69 Å². The topological polar surface area (TPSA) is 75.6 Å². The highest BCUT2D eigenvalue weighted by atomic mass is 16.1. The minimum atomic E-state index is -0.145. The number of aryl methyl sites for hydroxylation is 2. The fourth-order valence-corrected chi connectivity index (χ4v) is 2.81. The summed E-state index contributed by atoms with van der Waals surface area (Å²) in [6.45, 7) is 1.81. The zero-order valence-electron chi connectivity index (χ0n) is 13.9. The molecular formula is C19H17N5O. The Bertz CT molecular complexity index is 1110. The molecule has 25 heavy (non-hydrogen) atoms. The highest BCUT2D eigenvalue weighted by molar-refractivity contribution is 5.81. The number of imidazole rings is 1. The van der Waals surface area contributed by atoms with Crippen molar-refractivity contribution in [1.82, 2.24) is 19.5 Å². The molecule has 0 aliphatic carbocycles. The molecule has 0 amide bonds. The first-order valence-electron chi connectivity index (χ1n) is 7.95. The van der Waals surface area contributed by atoms with Crippen molar-refractivity contribution in [1.29, 1.82) is 0 Å². The molecule has 0 aliphatic rings. The number of hydrogen-bond donors (Lipinski definition) is 2. The van der Waals surface area contributed by atoms with Crippen molar-refractivity contribution in [3.8, 4) is 11.4 Å². The number of nitrogens with one attached hydrogen (secondary N) is 2. The lowest BCUT2D eigenvalue weighted by Gasteiger charge is -2.08. The van der Waals surface area contributed by atoms with Crippen molar-refractivity contribution < 1.29 is 0 Å². The molecule has 0 fully saturated rings. The third-order valence-corrected chi connectivity index (χ3v) is 4.04. The van der Waals surface area contributed by atoms with Crippen LogP contribution < -0.4 is 10.9 Å². The summed E-state index contributed by atoms with van der Waals surface area (Å²) >= 11 is 0. The van der Waals surface area contributed by atoms with Gasteiger partial charge in [0.1, 0.15) is 5.82 Å². The van der Waals surface area contributed by atoms with Crippen molar-refractivity contribution in [2.24, 2.45) is 7.05 Å². The Morgan fingerprint density at radius 3 is 2.56 bits per heavy atom. The summed E-state index contributed by atoms with van der Waals surface area (Å²) in [5.41, 5.74) is 5.39. The van der Waals surface area contributed by atoms with Gasteiger partial charge in [0.2, 0.25) is 0 Å². The number of fused-ring (bicyclic) bond motifs is 1. The van der Waals surface area contributed by atoms with E-state index in [2.05, 4.69) is 20.3 Å². The largest absolute Gasteiger partial charge is 0.355 e. The molecule has 0 saturated carbocycles. The number of hydrogen-bond acceptors (Lipinski definition) is 4. The van der Waals surface area contributed by atoms with Crippen molar-refractivity contribution in [3.05, 3.63) is 70.9 Å². The molecule has 2 N–H and O–H groups in total. The second-order valence-electron chi connectivity index (χ2n) is 6.00. The van der Waals surface area contributed by atoms with Gasteiger partial charge >= 0.3 is 0 Å². The molecule has 0 aliphatic heterocycles.